The molecule has 0 aromatic carbocycles. The highest BCUT2D eigenvalue weighted by Gasteiger charge is 2.28. The normalized spacial score (nSPS) is 14.0. The number of unbranched alkanes of at least 4 members (excludes halogenated alkanes) is 12. The van der Waals surface area contributed by atoms with Gasteiger partial charge in [0.25, 0.3) is 0 Å². The van der Waals surface area contributed by atoms with Gasteiger partial charge in [0, 0.05) is 0 Å². The highest BCUT2D eigenvalue weighted by molar-refractivity contribution is 5.76. The van der Waals surface area contributed by atoms with Gasteiger partial charge in [0.1, 0.15) is 0 Å². The monoisotopic (exact) mass is 342 g/mol. The number of carboxylic acid groups (broad SMARTS) is 1. The Balaban J connectivity index is 3.17. The van der Waals surface area contributed by atoms with Crippen LogP contribution in [0.15, 0.2) is 0 Å². The van der Waals surface area contributed by atoms with Crippen LogP contribution in [0.4, 0.5) is 0 Å². The maximum absolute atomic E-state index is 10.8. The van der Waals surface area contributed by atoms with Crippen LogP contribution in [0.5, 0.6) is 0 Å². The zero-order chi connectivity index (χ0) is 18.3. The van der Waals surface area contributed by atoms with E-state index in [9.17, 15) is 9.90 Å². The van der Waals surface area contributed by atoms with Crippen molar-refractivity contribution in [3.8, 4) is 0 Å². The number of aliphatic carboxylic acids is 1. The van der Waals surface area contributed by atoms with Gasteiger partial charge in [0.2, 0.25) is 0 Å². The first-order chi connectivity index (χ1) is 11.4. The van der Waals surface area contributed by atoms with E-state index in [1.807, 2.05) is 0 Å². The van der Waals surface area contributed by atoms with Gasteiger partial charge in [-0.25, -0.2) is 4.79 Å². The first-order valence-corrected chi connectivity index (χ1v) is 10.3. The molecule has 0 aromatic heterocycles. The van der Waals surface area contributed by atoms with Crippen molar-refractivity contribution in [1.82, 2.24) is 0 Å². The Morgan fingerprint density at radius 3 is 1.42 bits per heavy atom. The number of carbonyl (C=O) groups is 1. The van der Waals surface area contributed by atoms with Crippen LogP contribution in [-0.4, -0.2) is 21.8 Å². The van der Waals surface area contributed by atoms with E-state index in [-0.39, 0.29) is 0 Å². The summed E-state index contributed by atoms with van der Waals surface area (Å²) >= 11 is 0. The molecule has 0 bridgehead atoms. The average Bonchev–Trinajstić information content (AvgIpc) is 2.50. The van der Waals surface area contributed by atoms with E-state index in [4.69, 9.17) is 5.11 Å². The number of carboxylic acids is 1. The van der Waals surface area contributed by atoms with E-state index < -0.39 is 11.6 Å². The summed E-state index contributed by atoms with van der Waals surface area (Å²) in [5, 5.41) is 18.4. The zero-order valence-electron chi connectivity index (χ0n) is 16.5. The average molecular weight is 343 g/mol. The minimum Gasteiger partial charge on any atom is -0.479 e. The molecular weight excluding hydrogens is 300 g/mol. The summed E-state index contributed by atoms with van der Waals surface area (Å²) in [5.41, 5.74) is -1.55. The van der Waals surface area contributed by atoms with Gasteiger partial charge in [-0.1, -0.05) is 97.3 Å². The summed E-state index contributed by atoms with van der Waals surface area (Å²) in [5.74, 6) is -0.252. The first-order valence-electron chi connectivity index (χ1n) is 10.3. The van der Waals surface area contributed by atoms with Gasteiger partial charge in [-0.3, -0.25) is 0 Å². The molecule has 144 valence electrons. The van der Waals surface area contributed by atoms with Crippen LogP contribution in [0.25, 0.3) is 0 Å². The van der Waals surface area contributed by atoms with Crippen molar-refractivity contribution in [2.45, 2.75) is 123 Å². The molecule has 24 heavy (non-hydrogen) atoms. The third-order valence-corrected chi connectivity index (χ3v) is 4.91. The Labute approximate surface area is 150 Å². The maximum atomic E-state index is 10.8. The highest BCUT2D eigenvalue weighted by Crippen LogP contribution is 2.17. The second-order valence-electron chi connectivity index (χ2n) is 8.11. The summed E-state index contributed by atoms with van der Waals surface area (Å²) in [6.45, 7) is 6.00. The lowest BCUT2D eigenvalue weighted by molar-refractivity contribution is -0.157. The van der Waals surface area contributed by atoms with Gasteiger partial charge in [-0.2, -0.15) is 0 Å². The Morgan fingerprint density at radius 2 is 1.08 bits per heavy atom. The molecule has 3 nitrogen and oxygen atoms in total. The lowest BCUT2D eigenvalue weighted by atomic mass is 9.97. The van der Waals surface area contributed by atoms with Gasteiger partial charge in [0.05, 0.1) is 0 Å². The molecule has 2 N–H and O–H groups in total. The fourth-order valence-electron chi connectivity index (χ4n) is 3.07. The minimum absolute atomic E-state index is 0.361. The van der Waals surface area contributed by atoms with E-state index >= 15 is 0 Å². The molecule has 1 atom stereocenters. The van der Waals surface area contributed by atoms with Crippen molar-refractivity contribution in [3.63, 3.8) is 0 Å². The van der Waals surface area contributed by atoms with Crippen LogP contribution in [0.3, 0.4) is 0 Å². The lowest BCUT2D eigenvalue weighted by Crippen LogP contribution is -2.34. The van der Waals surface area contributed by atoms with Crippen LogP contribution in [0, 0.1) is 5.92 Å². The third-order valence-electron chi connectivity index (χ3n) is 4.91. The molecule has 0 spiro atoms. The first kappa shape index (κ1) is 23.4. The Kier molecular flexibility index (Phi) is 14.4. The Hall–Kier alpha value is -0.570. The van der Waals surface area contributed by atoms with Crippen molar-refractivity contribution in [2.24, 2.45) is 5.92 Å². The third kappa shape index (κ3) is 15.0. The summed E-state index contributed by atoms with van der Waals surface area (Å²) in [4.78, 5) is 10.8. The van der Waals surface area contributed by atoms with Crippen LogP contribution < -0.4 is 0 Å². The van der Waals surface area contributed by atoms with Crippen LogP contribution >= 0.6 is 0 Å². The van der Waals surface area contributed by atoms with E-state index in [0.29, 0.717) is 6.42 Å². The summed E-state index contributed by atoms with van der Waals surface area (Å²) in [6, 6.07) is 0. The van der Waals surface area contributed by atoms with Crippen LogP contribution in [0.2, 0.25) is 0 Å². The van der Waals surface area contributed by atoms with Crippen LogP contribution in [0.1, 0.15) is 117 Å². The fourth-order valence-corrected chi connectivity index (χ4v) is 3.07. The molecule has 0 saturated carbocycles. The van der Waals surface area contributed by atoms with Gasteiger partial charge >= 0.3 is 5.97 Å². The zero-order valence-corrected chi connectivity index (χ0v) is 16.5. The van der Waals surface area contributed by atoms with Crippen molar-refractivity contribution < 1.29 is 15.0 Å². The van der Waals surface area contributed by atoms with Gasteiger partial charge in [-0.15, -0.1) is 0 Å². The number of aliphatic hydroxyl groups is 1. The van der Waals surface area contributed by atoms with Crippen molar-refractivity contribution in [2.75, 3.05) is 0 Å². The number of rotatable bonds is 17. The van der Waals surface area contributed by atoms with Crippen molar-refractivity contribution in [1.29, 1.82) is 0 Å². The van der Waals surface area contributed by atoms with Gasteiger partial charge in [-0.05, 0) is 25.7 Å². The second kappa shape index (κ2) is 14.7. The molecule has 0 aliphatic heterocycles. The molecule has 0 fully saturated rings. The number of hydrogen-bond donors (Lipinski definition) is 2. The Morgan fingerprint density at radius 1 is 0.750 bits per heavy atom. The standard InChI is InChI=1S/C21H42O3/c1-19(2)17-15-13-11-9-7-5-4-6-8-10-12-14-16-18-21(3,24)20(22)23/h19,24H,4-18H2,1-3H3,(H,22,23). The summed E-state index contributed by atoms with van der Waals surface area (Å²) < 4.78 is 0. The van der Waals surface area contributed by atoms with E-state index in [1.54, 1.807) is 0 Å². The molecule has 0 radical (unpaired) electrons. The molecule has 0 aromatic rings. The molecular formula is C21H42O3. The minimum atomic E-state index is -1.55. The largest absolute Gasteiger partial charge is 0.479 e. The highest BCUT2D eigenvalue weighted by atomic mass is 16.4. The van der Waals surface area contributed by atoms with Gasteiger partial charge < -0.3 is 10.2 Å². The molecule has 0 heterocycles. The molecule has 0 rings (SSSR count). The molecule has 3 heteroatoms. The molecule has 0 amide bonds. The molecule has 0 aliphatic carbocycles. The predicted molar refractivity (Wildman–Crippen MR) is 102 cm³/mol. The molecule has 0 saturated heterocycles. The van der Waals surface area contributed by atoms with Crippen LogP contribution in [-0.2, 0) is 4.79 Å². The smallest absolute Gasteiger partial charge is 0.335 e. The molecule has 0 aliphatic rings. The maximum Gasteiger partial charge on any atom is 0.335 e. The van der Waals surface area contributed by atoms with Gasteiger partial charge in [0.15, 0.2) is 5.60 Å². The van der Waals surface area contributed by atoms with E-state index in [0.717, 1.165) is 25.2 Å². The van der Waals surface area contributed by atoms with Crippen molar-refractivity contribution in [3.05, 3.63) is 0 Å². The number of hydrogen-bond acceptors (Lipinski definition) is 2. The fraction of sp³-hybridized carbons (Fsp3) is 0.952. The quantitative estimate of drug-likeness (QED) is 0.304. The topological polar surface area (TPSA) is 57.5 Å². The second-order valence-corrected chi connectivity index (χ2v) is 8.11. The SMILES string of the molecule is CC(C)CCCCCCCCCCCCCCCC(C)(O)C(=O)O. The summed E-state index contributed by atoms with van der Waals surface area (Å²) in [7, 11) is 0. The van der Waals surface area contributed by atoms with Crippen molar-refractivity contribution >= 4 is 5.97 Å². The van der Waals surface area contributed by atoms with E-state index in [2.05, 4.69) is 13.8 Å². The summed E-state index contributed by atoms with van der Waals surface area (Å²) in [6.07, 6.45) is 18.4. The predicted octanol–water partition coefficient (Wildman–Crippen LogP) is 6.33. The Bertz CT molecular complexity index is 297. The lowest BCUT2D eigenvalue weighted by Gasteiger charge is -2.17. The molecule has 1 unspecified atom stereocenters. The van der Waals surface area contributed by atoms with E-state index in [1.165, 1.54) is 77.6 Å².